The zero-order valence-corrected chi connectivity index (χ0v) is 20.2. The Kier molecular flexibility index (Phi) is 11.3. The van der Waals surface area contributed by atoms with Gasteiger partial charge in [0.1, 0.15) is 0 Å². The van der Waals surface area contributed by atoms with Crippen LogP contribution in [0.4, 0.5) is 0 Å². The number of aromatic nitrogens is 2. The lowest BCUT2D eigenvalue weighted by Gasteiger charge is -2.29. The Bertz CT molecular complexity index is 575. The molecule has 1 aromatic heterocycles. The van der Waals surface area contributed by atoms with Crippen molar-refractivity contribution in [2.24, 2.45) is 18.0 Å². The second-order valence-electron chi connectivity index (χ2n) is 7.59. The molecule has 0 unspecified atom stereocenters. The molecule has 0 amide bonds. The Labute approximate surface area is 182 Å². The second-order valence-corrected chi connectivity index (χ2v) is 7.59. The summed E-state index contributed by atoms with van der Waals surface area (Å²) < 4.78 is 1.96. The highest BCUT2D eigenvalue weighted by Gasteiger charge is 2.14. The summed E-state index contributed by atoms with van der Waals surface area (Å²) in [4.78, 5) is 7.33. The predicted molar refractivity (Wildman–Crippen MR) is 125 cm³/mol. The molecule has 0 bridgehead atoms. The molecule has 156 valence electrons. The quantitative estimate of drug-likeness (QED) is 0.255. The first-order valence-corrected chi connectivity index (χ1v) is 10.2. The van der Waals surface area contributed by atoms with E-state index in [2.05, 4.69) is 48.3 Å². The van der Waals surface area contributed by atoms with Crippen molar-refractivity contribution in [2.45, 2.75) is 53.4 Å². The van der Waals surface area contributed by atoms with Gasteiger partial charge >= 0.3 is 0 Å². The number of hydrogen-bond donors (Lipinski definition) is 2. The topological polar surface area (TPSA) is 57.5 Å². The van der Waals surface area contributed by atoms with Crippen molar-refractivity contribution in [1.82, 2.24) is 25.3 Å². The summed E-state index contributed by atoms with van der Waals surface area (Å²) in [6.07, 6.45) is 4.80. The standard InChI is InChI=1S/C20H38N6.HI/c1-6-21-20(22-11-7-13-26-14-9-16(2)10-15-26)23-12-8-19-17(3)24-25(5)18(19)4;/h16H,6-15H2,1-5H3,(H2,21,22,23);1H. The first-order chi connectivity index (χ1) is 12.5. The van der Waals surface area contributed by atoms with Crippen LogP contribution in [-0.2, 0) is 13.5 Å². The van der Waals surface area contributed by atoms with Gasteiger partial charge in [0.15, 0.2) is 5.96 Å². The number of rotatable bonds is 8. The van der Waals surface area contributed by atoms with Crippen LogP contribution in [-0.4, -0.2) is 59.9 Å². The molecule has 1 aliphatic rings. The Morgan fingerprint density at radius 2 is 1.93 bits per heavy atom. The summed E-state index contributed by atoms with van der Waals surface area (Å²) in [5.41, 5.74) is 3.72. The molecule has 1 aromatic rings. The molecule has 1 saturated heterocycles. The largest absolute Gasteiger partial charge is 0.357 e. The van der Waals surface area contributed by atoms with Crippen LogP contribution in [0.3, 0.4) is 0 Å². The molecule has 27 heavy (non-hydrogen) atoms. The van der Waals surface area contributed by atoms with Gasteiger partial charge < -0.3 is 15.5 Å². The third-order valence-electron chi connectivity index (χ3n) is 5.45. The van der Waals surface area contributed by atoms with Crippen LogP contribution in [0.1, 0.15) is 50.1 Å². The number of aryl methyl sites for hydroxylation is 2. The number of likely N-dealkylation sites (tertiary alicyclic amines) is 1. The highest BCUT2D eigenvalue weighted by Crippen LogP contribution is 2.15. The van der Waals surface area contributed by atoms with Crippen LogP contribution in [0.15, 0.2) is 4.99 Å². The molecule has 7 heteroatoms. The fraction of sp³-hybridized carbons (Fsp3) is 0.800. The molecule has 0 spiro atoms. The van der Waals surface area contributed by atoms with Crippen LogP contribution in [0.2, 0.25) is 0 Å². The lowest BCUT2D eigenvalue weighted by Crippen LogP contribution is -2.38. The summed E-state index contributed by atoms with van der Waals surface area (Å²) in [5.74, 6) is 1.83. The van der Waals surface area contributed by atoms with Gasteiger partial charge in [-0.2, -0.15) is 5.10 Å². The van der Waals surface area contributed by atoms with Crippen molar-refractivity contribution in [1.29, 1.82) is 0 Å². The van der Waals surface area contributed by atoms with E-state index in [1.165, 1.54) is 43.7 Å². The van der Waals surface area contributed by atoms with E-state index in [1.54, 1.807) is 0 Å². The molecule has 2 heterocycles. The molecule has 0 aromatic carbocycles. The molecular formula is C20H39IN6. The molecule has 0 saturated carbocycles. The van der Waals surface area contributed by atoms with Gasteiger partial charge in [-0.1, -0.05) is 6.92 Å². The number of nitrogens with one attached hydrogen (secondary N) is 2. The van der Waals surface area contributed by atoms with Gasteiger partial charge in [0.2, 0.25) is 0 Å². The lowest BCUT2D eigenvalue weighted by atomic mass is 9.99. The van der Waals surface area contributed by atoms with Gasteiger partial charge in [0.05, 0.1) is 5.69 Å². The highest BCUT2D eigenvalue weighted by molar-refractivity contribution is 14.0. The summed E-state index contributed by atoms with van der Waals surface area (Å²) in [7, 11) is 2.01. The smallest absolute Gasteiger partial charge is 0.191 e. The molecular weight excluding hydrogens is 451 g/mol. The SMILES string of the molecule is CCNC(=NCCCN1CCC(C)CC1)NCCc1c(C)nn(C)c1C.I. The van der Waals surface area contributed by atoms with Crippen LogP contribution in [0.5, 0.6) is 0 Å². The molecule has 2 rings (SSSR count). The first-order valence-electron chi connectivity index (χ1n) is 10.2. The number of nitrogens with zero attached hydrogens (tertiary/aromatic N) is 4. The monoisotopic (exact) mass is 490 g/mol. The zero-order chi connectivity index (χ0) is 18.9. The van der Waals surface area contributed by atoms with Crippen LogP contribution in [0, 0.1) is 19.8 Å². The van der Waals surface area contributed by atoms with Crippen molar-refractivity contribution in [3.8, 4) is 0 Å². The summed E-state index contributed by atoms with van der Waals surface area (Å²) >= 11 is 0. The third kappa shape index (κ3) is 7.97. The molecule has 6 nitrogen and oxygen atoms in total. The number of hydrogen-bond acceptors (Lipinski definition) is 3. The molecule has 2 N–H and O–H groups in total. The minimum absolute atomic E-state index is 0. The van der Waals surface area contributed by atoms with E-state index in [-0.39, 0.29) is 24.0 Å². The van der Waals surface area contributed by atoms with E-state index in [0.717, 1.165) is 50.0 Å². The normalized spacial score (nSPS) is 16.3. The van der Waals surface area contributed by atoms with E-state index >= 15 is 0 Å². The van der Waals surface area contributed by atoms with Gasteiger partial charge in [-0.3, -0.25) is 9.67 Å². The Hall–Kier alpha value is -0.830. The summed E-state index contributed by atoms with van der Waals surface area (Å²) in [5, 5.41) is 11.3. The maximum Gasteiger partial charge on any atom is 0.191 e. The molecule has 0 radical (unpaired) electrons. The fourth-order valence-corrected chi connectivity index (χ4v) is 3.60. The maximum absolute atomic E-state index is 4.74. The van der Waals surface area contributed by atoms with Gasteiger partial charge in [-0.15, -0.1) is 24.0 Å². The summed E-state index contributed by atoms with van der Waals surface area (Å²) in [6.45, 7) is 15.0. The number of halogens is 1. The van der Waals surface area contributed by atoms with Crippen molar-refractivity contribution >= 4 is 29.9 Å². The molecule has 0 aliphatic carbocycles. The minimum atomic E-state index is 0. The van der Waals surface area contributed by atoms with E-state index in [9.17, 15) is 0 Å². The van der Waals surface area contributed by atoms with Gasteiger partial charge in [-0.05, 0) is 77.6 Å². The Morgan fingerprint density at radius 1 is 1.22 bits per heavy atom. The zero-order valence-electron chi connectivity index (χ0n) is 17.8. The predicted octanol–water partition coefficient (Wildman–Crippen LogP) is 2.87. The number of aliphatic imine (C=N–C) groups is 1. The van der Waals surface area contributed by atoms with Crippen LogP contribution in [0.25, 0.3) is 0 Å². The minimum Gasteiger partial charge on any atom is -0.357 e. The van der Waals surface area contributed by atoms with Gasteiger partial charge in [0, 0.05) is 32.4 Å². The number of guanidine groups is 1. The molecule has 1 aliphatic heterocycles. The van der Waals surface area contributed by atoms with E-state index in [1.807, 2.05) is 11.7 Å². The Morgan fingerprint density at radius 3 is 2.52 bits per heavy atom. The number of piperidine rings is 1. The average molecular weight is 490 g/mol. The third-order valence-corrected chi connectivity index (χ3v) is 5.45. The van der Waals surface area contributed by atoms with Crippen molar-refractivity contribution in [3.63, 3.8) is 0 Å². The fourth-order valence-electron chi connectivity index (χ4n) is 3.60. The Balaban J connectivity index is 0.00000364. The van der Waals surface area contributed by atoms with Gasteiger partial charge in [0.25, 0.3) is 0 Å². The molecule has 0 atom stereocenters. The van der Waals surface area contributed by atoms with Crippen molar-refractivity contribution in [2.75, 3.05) is 39.3 Å². The van der Waals surface area contributed by atoms with E-state index in [0.29, 0.717) is 0 Å². The van der Waals surface area contributed by atoms with E-state index < -0.39 is 0 Å². The maximum atomic E-state index is 4.74. The summed E-state index contributed by atoms with van der Waals surface area (Å²) in [6, 6.07) is 0. The first kappa shape index (κ1) is 24.2. The highest BCUT2D eigenvalue weighted by atomic mass is 127. The second kappa shape index (κ2) is 12.6. The average Bonchev–Trinajstić information content (AvgIpc) is 2.86. The molecule has 1 fully saturated rings. The lowest BCUT2D eigenvalue weighted by molar-refractivity contribution is 0.192. The van der Waals surface area contributed by atoms with Crippen LogP contribution < -0.4 is 10.6 Å². The van der Waals surface area contributed by atoms with Crippen molar-refractivity contribution in [3.05, 3.63) is 17.0 Å². The van der Waals surface area contributed by atoms with Crippen LogP contribution >= 0.6 is 24.0 Å². The van der Waals surface area contributed by atoms with Crippen molar-refractivity contribution < 1.29 is 0 Å². The van der Waals surface area contributed by atoms with Gasteiger partial charge in [-0.25, -0.2) is 0 Å². The van der Waals surface area contributed by atoms with E-state index in [4.69, 9.17) is 4.99 Å².